The average Bonchev–Trinajstić information content (AvgIpc) is 3.43. The Hall–Kier alpha value is -6.04. The van der Waals surface area contributed by atoms with Crippen molar-refractivity contribution in [3.63, 3.8) is 0 Å². The summed E-state index contributed by atoms with van der Waals surface area (Å²) >= 11 is 0. The molecule has 0 fully saturated rings. The van der Waals surface area contributed by atoms with Crippen molar-refractivity contribution in [2.24, 2.45) is 0 Å². The fourth-order valence-electron chi connectivity index (χ4n) is 5.19. The molecule has 41 heavy (non-hydrogen) atoms. The van der Waals surface area contributed by atoms with Crippen molar-refractivity contribution >= 4 is 22.1 Å². The van der Waals surface area contributed by atoms with Crippen molar-refractivity contribution in [3.8, 4) is 56.6 Å². The quantitative estimate of drug-likeness (QED) is 0.230. The second kappa shape index (κ2) is 9.93. The summed E-state index contributed by atoms with van der Waals surface area (Å²) in [6.07, 6.45) is 0. The van der Waals surface area contributed by atoms with Crippen LogP contribution >= 0.6 is 0 Å². The highest BCUT2D eigenvalue weighted by Crippen LogP contribution is 2.36. The predicted molar refractivity (Wildman–Crippen MR) is 160 cm³/mol. The number of hydrogen-bond donors (Lipinski definition) is 0. The van der Waals surface area contributed by atoms with E-state index in [1.165, 1.54) is 11.1 Å². The zero-order valence-corrected chi connectivity index (χ0v) is 21.7. The van der Waals surface area contributed by atoms with Gasteiger partial charge in [-0.25, -0.2) is 9.97 Å². The van der Waals surface area contributed by atoms with Crippen LogP contribution in [0, 0.1) is 22.7 Å². The first-order valence-corrected chi connectivity index (χ1v) is 13.1. The van der Waals surface area contributed by atoms with Crippen molar-refractivity contribution in [2.45, 2.75) is 0 Å². The molecule has 0 spiro atoms. The van der Waals surface area contributed by atoms with E-state index in [-0.39, 0.29) is 17.1 Å². The van der Waals surface area contributed by atoms with Gasteiger partial charge in [-0.2, -0.15) is 10.5 Å². The van der Waals surface area contributed by atoms with Crippen LogP contribution in [0.4, 0.5) is 0 Å². The minimum atomic E-state index is -0.0562. The van der Waals surface area contributed by atoms with E-state index in [1.807, 2.05) is 66.7 Å². The molecule has 0 saturated carbocycles. The second-order valence-corrected chi connectivity index (χ2v) is 9.72. The average molecular weight is 525 g/mol. The minimum Gasteiger partial charge on any atom is -0.451 e. The fraction of sp³-hybridized carbons (Fsp3) is 0. The first-order valence-electron chi connectivity index (χ1n) is 13.1. The molecule has 2 heterocycles. The van der Waals surface area contributed by atoms with Crippen LogP contribution in [0.3, 0.4) is 0 Å². The van der Waals surface area contributed by atoms with E-state index in [9.17, 15) is 10.5 Å². The highest BCUT2D eigenvalue weighted by molar-refractivity contribution is 6.05. The van der Waals surface area contributed by atoms with Crippen LogP contribution in [0.2, 0.25) is 0 Å². The van der Waals surface area contributed by atoms with E-state index in [0.717, 1.165) is 38.8 Å². The standard InChI is InChI=1S/C36H20N4O/c37-21-32-36-35(40-34(22-38)39-32)31-16-15-27(20-33(31)41-36)30-18-28(24-9-5-2-6-10-24)17-29(19-30)26-13-11-25(12-14-26)23-7-3-1-4-8-23/h1-20H. The third-order valence-electron chi connectivity index (χ3n) is 7.22. The molecule has 0 aliphatic carbocycles. The van der Waals surface area contributed by atoms with Gasteiger partial charge in [0.05, 0.1) is 0 Å². The minimum absolute atomic E-state index is 0.0524. The lowest BCUT2D eigenvalue weighted by molar-refractivity contribution is 0.664. The molecule has 0 atom stereocenters. The normalized spacial score (nSPS) is 10.9. The van der Waals surface area contributed by atoms with Crippen LogP contribution < -0.4 is 0 Å². The van der Waals surface area contributed by atoms with Crippen molar-refractivity contribution < 1.29 is 4.42 Å². The van der Waals surface area contributed by atoms with E-state index in [0.29, 0.717) is 11.1 Å². The van der Waals surface area contributed by atoms with Crippen LogP contribution in [-0.2, 0) is 0 Å². The molecule has 2 aromatic heterocycles. The predicted octanol–water partition coefficient (Wildman–Crippen LogP) is 8.79. The molecular weight excluding hydrogens is 504 g/mol. The van der Waals surface area contributed by atoms with Crippen LogP contribution in [0.25, 0.3) is 66.6 Å². The van der Waals surface area contributed by atoms with Gasteiger partial charge in [-0.1, -0.05) is 91.0 Å². The molecular formula is C36H20N4O. The van der Waals surface area contributed by atoms with Crippen molar-refractivity contribution in [3.05, 3.63) is 133 Å². The summed E-state index contributed by atoms with van der Waals surface area (Å²) in [6.45, 7) is 0. The lowest BCUT2D eigenvalue weighted by Gasteiger charge is -2.12. The van der Waals surface area contributed by atoms with Crippen molar-refractivity contribution in [1.82, 2.24) is 9.97 Å². The highest BCUT2D eigenvalue weighted by Gasteiger charge is 2.17. The van der Waals surface area contributed by atoms with Crippen LogP contribution in [0.1, 0.15) is 11.5 Å². The Labute approximate surface area is 236 Å². The zero-order valence-electron chi connectivity index (χ0n) is 21.7. The molecule has 0 aliphatic heterocycles. The number of rotatable bonds is 4. The molecule has 0 N–H and O–H groups in total. The SMILES string of the molecule is N#Cc1nc(C#N)c2oc3cc(-c4cc(-c5ccccc5)cc(-c5ccc(-c6ccccc6)cc5)c4)ccc3c2n1. The summed E-state index contributed by atoms with van der Waals surface area (Å²) in [4.78, 5) is 8.31. The number of furan rings is 1. The Kier molecular flexibility index (Phi) is 5.82. The third kappa shape index (κ3) is 4.38. The summed E-state index contributed by atoms with van der Waals surface area (Å²) in [7, 11) is 0. The number of nitriles is 2. The maximum Gasteiger partial charge on any atom is 0.234 e. The van der Waals surface area contributed by atoms with Gasteiger partial charge in [0, 0.05) is 5.39 Å². The molecule has 0 amide bonds. The van der Waals surface area contributed by atoms with Gasteiger partial charge in [0.25, 0.3) is 0 Å². The van der Waals surface area contributed by atoms with Crippen LogP contribution in [0.15, 0.2) is 126 Å². The smallest absolute Gasteiger partial charge is 0.234 e. The van der Waals surface area contributed by atoms with Crippen molar-refractivity contribution in [2.75, 3.05) is 0 Å². The highest BCUT2D eigenvalue weighted by atomic mass is 16.3. The number of fused-ring (bicyclic) bond motifs is 3. The number of benzene rings is 5. The first-order chi connectivity index (χ1) is 20.2. The van der Waals surface area contributed by atoms with Gasteiger partial charge >= 0.3 is 0 Å². The Morgan fingerprint density at radius 3 is 1.59 bits per heavy atom. The second-order valence-electron chi connectivity index (χ2n) is 9.72. The first kappa shape index (κ1) is 24.0. The van der Waals surface area contributed by atoms with Gasteiger partial charge in [-0.15, -0.1) is 0 Å². The largest absolute Gasteiger partial charge is 0.451 e. The van der Waals surface area contributed by atoms with E-state index >= 15 is 0 Å². The van der Waals surface area contributed by atoms with Crippen LogP contribution in [-0.4, -0.2) is 9.97 Å². The molecule has 5 nitrogen and oxygen atoms in total. The maximum atomic E-state index is 9.56. The molecule has 0 unspecified atom stereocenters. The molecule has 0 saturated heterocycles. The van der Waals surface area contributed by atoms with E-state index in [1.54, 1.807) is 0 Å². The molecule has 5 heteroatoms. The monoisotopic (exact) mass is 524 g/mol. The Bertz CT molecular complexity index is 2150. The van der Waals surface area contributed by atoms with Gasteiger partial charge in [-0.05, 0) is 74.8 Å². The molecule has 0 aliphatic rings. The molecule has 7 rings (SSSR count). The summed E-state index contributed by atoms with van der Waals surface area (Å²) in [5.41, 5.74) is 10.2. The third-order valence-corrected chi connectivity index (χ3v) is 7.22. The van der Waals surface area contributed by atoms with Gasteiger partial charge in [0.15, 0.2) is 11.3 Å². The molecule has 0 bridgehead atoms. The Morgan fingerprint density at radius 1 is 0.488 bits per heavy atom. The van der Waals surface area contributed by atoms with Gasteiger partial charge in [-0.3, -0.25) is 0 Å². The lowest BCUT2D eigenvalue weighted by Crippen LogP contribution is -1.92. The zero-order chi connectivity index (χ0) is 27.8. The summed E-state index contributed by atoms with van der Waals surface area (Å²) in [6, 6.07) is 45.7. The van der Waals surface area contributed by atoms with Crippen molar-refractivity contribution in [1.29, 1.82) is 10.5 Å². The van der Waals surface area contributed by atoms with E-state index in [2.05, 4.69) is 76.7 Å². The summed E-state index contributed by atoms with van der Waals surface area (Å²) < 4.78 is 6.06. The molecule has 190 valence electrons. The number of aromatic nitrogens is 2. The topological polar surface area (TPSA) is 86.5 Å². The molecule has 7 aromatic rings. The summed E-state index contributed by atoms with van der Waals surface area (Å²) in [5.74, 6) is -0.0562. The molecule has 5 aromatic carbocycles. The fourth-order valence-corrected chi connectivity index (χ4v) is 5.19. The maximum absolute atomic E-state index is 9.56. The van der Waals surface area contributed by atoms with E-state index in [4.69, 9.17) is 4.42 Å². The molecule has 0 radical (unpaired) electrons. The van der Waals surface area contributed by atoms with Crippen LogP contribution in [0.5, 0.6) is 0 Å². The number of nitrogens with zero attached hydrogens (tertiary/aromatic N) is 4. The van der Waals surface area contributed by atoms with Gasteiger partial charge < -0.3 is 4.42 Å². The number of hydrogen-bond acceptors (Lipinski definition) is 5. The lowest BCUT2D eigenvalue weighted by atomic mass is 9.92. The Morgan fingerprint density at radius 2 is 1.00 bits per heavy atom. The van der Waals surface area contributed by atoms with Gasteiger partial charge in [0.1, 0.15) is 23.2 Å². The summed E-state index contributed by atoms with van der Waals surface area (Å²) in [5, 5.41) is 19.6. The van der Waals surface area contributed by atoms with Gasteiger partial charge in [0.2, 0.25) is 5.82 Å². The Balaban J connectivity index is 1.37. The van der Waals surface area contributed by atoms with E-state index < -0.39 is 0 Å².